The van der Waals surface area contributed by atoms with Gasteiger partial charge in [0.25, 0.3) is 0 Å². The first kappa shape index (κ1) is 15.9. The largest absolute Gasteiger partial charge is 0.379 e. The summed E-state index contributed by atoms with van der Waals surface area (Å²) in [5, 5.41) is 11.8. The van der Waals surface area contributed by atoms with Gasteiger partial charge in [-0.05, 0) is 47.2 Å². The highest BCUT2D eigenvalue weighted by Gasteiger charge is 2.13. The fourth-order valence-corrected chi connectivity index (χ4v) is 4.57. The molecular weight excluding hydrogens is 344 g/mol. The molecule has 1 aromatic carbocycles. The Labute approximate surface area is 155 Å². The standard InChI is InChI=1S/C20H20N4OS/c1-14-8-20-22-21-13-24(20)19-10-15(2-3-18(14)19)16-9-17(26-12-16)11-23-4-6-25-7-5-23/h2-3,8-10,12-13H,4-7,11H2,1H3. The highest BCUT2D eigenvalue weighted by molar-refractivity contribution is 7.10. The fourth-order valence-electron chi connectivity index (χ4n) is 3.64. The zero-order chi connectivity index (χ0) is 17.5. The summed E-state index contributed by atoms with van der Waals surface area (Å²) in [6.07, 6.45) is 1.79. The van der Waals surface area contributed by atoms with Gasteiger partial charge >= 0.3 is 0 Å². The average Bonchev–Trinajstić information content (AvgIpc) is 3.32. The first-order valence-electron chi connectivity index (χ1n) is 8.89. The van der Waals surface area contributed by atoms with E-state index >= 15 is 0 Å². The summed E-state index contributed by atoms with van der Waals surface area (Å²) in [4.78, 5) is 3.87. The van der Waals surface area contributed by atoms with Crippen molar-refractivity contribution in [2.45, 2.75) is 13.5 Å². The molecule has 0 bridgehead atoms. The van der Waals surface area contributed by atoms with Crippen molar-refractivity contribution in [1.82, 2.24) is 19.5 Å². The van der Waals surface area contributed by atoms with Crippen molar-refractivity contribution in [2.24, 2.45) is 0 Å². The van der Waals surface area contributed by atoms with Crippen LogP contribution >= 0.6 is 11.3 Å². The van der Waals surface area contributed by atoms with Gasteiger partial charge in [-0.1, -0.05) is 12.1 Å². The van der Waals surface area contributed by atoms with Crippen LogP contribution in [0.4, 0.5) is 0 Å². The molecule has 0 amide bonds. The smallest absolute Gasteiger partial charge is 0.161 e. The van der Waals surface area contributed by atoms with Gasteiger partial charge in [0, 0.05) is 29.9 Å². The number of rotatable bonds is 3. The van der Waals surface area contributed by atoms with Gasteiger partial charge in [-0.25, -0.2) is 0 Å². The summed E-state index contributed by atoms with van der Waals surface area (Å²) in [5.74, 6) is 0. The number of hydrogen-bond donors (Lipinski definition) is 0. The van der Waals surface area contributed by atoms with E-state index in [1.54, 1.807) is 6.33 Å². The molecule has 4 heterocycles. The van der Waals surface area contributed by atoms with Crippen molar-refractivity contribution in [3.63, 3.8) is 0 Å². The van der Waals surface area contributed by atoms with E-state index in [2.05, 4.69) is 62.1 Å². The Bertz CT molecular complexity index is 1080. The van der Waals surface area contributed by atoms with Crippen molar-refractivity contribution in [3.8, 4) is 11.1 Å². The Kier molecular flexibility index (Phi) is 3.96. The second kappa shape index (κ2) is 6.46. The van der Waals surface area contributed by atoms with Gasteiger partial charge < -0.3 is 4.74 Å². The predicted molar refractivity (Wildman–Crippen MR) is 105 cm³/mol. The third-order valence-corrected chi connectivity index (χ3v) is 5.99. The number of aryl methyl sites for hydroxylation is 1. The number of aromatic nitrogens is 3. The quantitative estimate of drug-likeness (QED) is 0.555. The molecule has 0 spiro atoms. The zero-order valence-electron chi connectivity index (χ0n) is 14.7. The molecule has 132 valence electrons. The van der Waals surface area contributed by atoms with Gasteiger partial charge in [-0.3, -0.25) is 9.30 Å². The molecule has 1 fully saturated rings. The van der Waals surface area contributed by atoms with Gasteiger partial charge in [0.05, 0.1) is 18.7 Å². The van der Waals surface area contributed by atoms with E-state index < -0.39 is 0 Å². The molecule has 0 unspecified atom stereocenters. The van der Waals surface area contributed by atoms with Gasteiger partial charge in [-0.15, -0.1) is 21.5 Å². The Hall–Kier alpha value is -2.28. The maximum Gasteiger partial charge on any atom is 0.161 e. The lowest BCUT2D eigenvalue weighted by atomic mass is 10.0. The molecule has 4 aromatic rings. The van der Waals surface area contributed by atoms with E-state index in [0.717, 1.165) is 44.0 Å². The number of nitrogens with zero attached hydrogens (tertiary/aromatic N) is 4. The lowest BCUT2D eigenvalue weighted by molar-refractivity contribution is 0.0346. The maximum absolute atomic E-state index is 5.44. The predicted octanol–water partition coefficient (Wildman–Crippen LogP) is 3.75. The van der Waals surface area contributed by atoms with Crippen molar-refractivity contribution in [2.75, 3.05) is 26.3 Å². The van der Waals surface area contributed by atoms with Crippen LogP contribution in [0.2, 0.25) is 0 Å². The molecular formula is C20H20N4OS. The Balaban J connectivity index is 1.51. The highest BCUT2D eigenvalue weighted by Crippen LogP contribution is 2.30. The summed E-state index contributed by atoms with van der Waals surface area (Å²) in [7, 11) is 0. The van der Waals surface area contributed by atoms with Crippen LogP contribution in [0.15, 0.2) is 42.0 Å². The minimum absolute atomic E-state index is 0.844. The van der Waals surface area contributed by atoms with Crippen LogP contribution in [-0.4, -0.2) is 45.8 Å². The Morgan fingerprint density at radius 3 is 2.88 bits per heavy atom. The van der Waals surface area contributed by atoms with Gasteiger partial charge in [0.2, 0.25) is 0 Å². The third kappa shape index (κ3) is 2.80. The van der Waals surface area contributed by atoms with Crippen LogP contribution in [0.3, 0.4) is 0 Å². The minimum atomic E-state index is 0.844. The van der Waals surface area contributed by atoms with Crippen molar-refractivity contribution in [1.29, 1.82) is 0 Å². The van der Waals surface area contributed by atoms with E-state index in [-0.39, 0.29) is 0 Å². The lowest BCUT2D eigenvalue weighted by Crippen LogP contribution is -2.35. The first-order valence-corrected chi connectivity index (χ1v) is 9.77. The number of hydrogen-bond acceptors (Lipinski definition) is 5. The number of ether oxygens (including phenoxy) is 1. The van der Waals surface area contributed by atoms with Crippen LogP contribution < -0.4 is 0 Å². The summed E-state index contributed by atoms with van der Waals surface area (Å²) in [6, 6.07) is 11.1. The van der Waals surface area contributed by atoms with E-state index in [0.29, 0.717) is 0 Å². The van der Waals surface area contributed by atoms with E-state index in [9.17, 15) is 0 Å². The molecule has 6 heteroatoms. The molecule has 1 aliphatic rings. The van der Waals surface area contributed by atoms with Crippen LogP contribution in [0.25, 0.3) is 27.7 Å². The van der Waals surface area contributed by atoms with Gasteiger partial charge in [0.1, 0.15) is 6.33 Å². The average molecular weight is 364 g/mol. The molecule has 0 aliphatic carbocycles. The van der Waals surface area contributed by atoms with E-state index in [1.165, 1.54) is 27.0 Å². The summed E-state index contributed by atoms with van der Waals surface area (Å²) < 4.78 is 7.50. The van der Waals surface area contributed by atoms with Crippen LogP contribution in [0.1, 0.15) is 10.4 Å². The molecule has 0 saturated carbocycles. The summed E-state index contributed by atoms with van der Waals surface area (Å²) >= 11 is 1.84. The normalized spacial score (nSPS) is 15.9. The zero-order valence-corrected chi connectivity index (χ0v) is 15.5. The van der Waals surface area contributed by atoms with Crippen LogP contribution in [0, 0.1) is 6.92 Å². The minimum Gasteiger partial charge on any atom is -0.379 e. The second-order valence-electron chi connectivity index (χ2n) is 6.81. The number of fused-ring (bicyclic) bond motifs is 3. The second-order valence-corrected chi connectivity index (χ2v) is 7.80. The number of thiophene rings is 1. The maximum atomic E-state index is 5.44. The number of morpholine rings is 1. The molecule has 1 aliphatic heterocycles. The molecule has 5 nitrogen and oxygen atoms in total. The highest BCUT2D eigenvalue weighted by atomic mass is 32.1. The molecule has 3 aromatic heterocycles. The van der Waals surface area contributed by atoms with Crippen LogP contribution in [0.5, 0.6) is 0 Å². The fraction of sp³-hybridized carbons (Fsp3) is 0.300. The van der Waals surface area contributed by atoms with Gasteiger partial charge in [0.15, 0.2) is 5.65 Å². The molecule has 0 N–H and O–H groups in total. The molecule has 0 atom stereocenters. The summed E-state index contributed by atoms with van der Waals surface area (Å²) in [5.41, 5.74) is 5.80. The molecule has 5 rings (SSSR count). The molecule has 0 radical (unpaired) electrons. The van der Waals surface area contributed by atoms with Crippen molar-refractivity contribution >= 4 is 27.9 Å². The topological polar surface area (TPSA) is 42.7 Å². The first-order chi connectivity index (χ1) is 12.8. The molecule has 1 saturated heterocycles. The third-order valence-electron chi connectivity index (χ3n) is 5.07. The SMILES string of the molecule is Cc1cc2nncn2c2cc(-c3csc(CN4CCOCC4)c3)ccc12. The number of pyridine rings is 1. The van der Waals surface area contributed by atoms with Crippen molar-refractivity contribution in [3.05, 3.63) is 52.5 Å². The van der Waals surface area contributed by atoms with Gasteiger partial charge in [-0.2, -0.15) is 0 Å². The molecule has 26 heavy (non-hydrogen) atoms. The Morgan fingerprint density at radius 1 is 1.12 bits per heavy atom. The van der Waals surface area contributed by atoms with E-state index in [1.807, 2.05) is 11.3 Å². The van der Waals surface area contributed by atoms with Crippen molar-refractivity contribution < 1.29 is 4.74 Å². The monoisotopic (exact) mass is 364 g/mol. The summed E-state index contributed by atoms with van der Waals surface area (Å²) in [6.45, 7) is 6.87. The van der Waals surface area contributed by atoms with E-state index in [4.69, 9.17) is 4.74 Å². The lowest BCUT2D eigenvalue weighted by Gasteiger charge is -2.25. The van der Waals surface area contributed by atoms with Crippen LogP contribution in [-0.2, 0) is 11.3 Å². The number of benzene rings is 1. The Morgan fingerprint density at radius 2 is 2.00 bits per heavy atom.